The number of rotatable bonds is 4. The van der Waals surface area contributed by atoms with Crippen LogP contribution in [0.5, 0.6) is 0 Å². The summed E-state index contributed by atoms with van der Waals surface area (Å²) in [5, 5.41) is 0. The summed E-state index contributed by atoms with van der Waals surface area (Å²) < 4.78 is 0. The molecule has 0 radical (unpaired) electrons. The van der Waals surface area contributed by atoms with E-state index in [0.717, 1.165) is 16.8 Å². The predicted octanol–water partition coefficient (Wildman–Crippen LogP) is 4.15. The fourth-order valence-electron chi connectivity index (χ4n) is 1.70. The molecular formula is C17H18N2. The fourth-order valence-corrected chi connectivity index (χ4v) is 1.70. The Bertz CT molecular complexity index is 563. The standard InChI is InChI=1S/C17H18N2/c1-4-14-5-9-16(10-6-14)18-13-15-7-11-17(12-8-15)19(2)3/h4-13H,1H2,2-3H3. The summed E-state index contributed by atoms with van der Waals surface area (Å²) in [5.74, 6) is 0. The molecule has 2 aromatic carbocycles. The van der Waals surface area contributed by atoms with Crippen molar-refractivity contribution in [1.82, 2.24) is 0 Å². The average Bonchev–Trinajstić information content (AvgIpc) is 2.46. The Morgan fingerprint density at radius 2 is 1.47 bits per heavy atom. The van der Waals surface area contributed by atoms with E-state index < -0.39 is 0 Å². The second-order valence-corrected chi connectivity index (χ2v) is 4.54. The molecule has 2 rings (SSSR count). The van der Waals surface area contributed by atoms with Crippen molar-refractivity contribution in [3.05, 3.63) is 66.2 Å². The lowest BCUT2D eigenvalue weighted by Gasteiger charge is -2.11. The lowest BCUT2D eigenvalue weighted by atomic mass is 10.2. The molecule has 0 saturated heterocycles. The van der Waals surface area contributed by atoms with Crippen LogP contribution >= 0.6 is 0 Å². The van der Waals surface area contributed by atoms with Gasteiger partial charge in [-0.05, 0) is 35.4 Å². The molecule has 2 nitrogen and oxygen atoms in total. The Morgan fingerprint density at radius 3 is 2.00 bits per heavy atom. The van der Waals surface area contributed by atoms with Crippen molar-refractivity contribution in [2.45, 2.75) is 0 Å². The molecule has 0 aliphatic rings. The van der Waals surface area contributed by atoms with Crippen LogP contribution in [0.2, 0.25) is 0 Å². The average molecular weight is 250 g/mol. The first-order valence-electron chi connectivity index (χ1n) is 6.23. The highest BCUT2D eigenvalue weighted by atomic mass is 15.1. The maximum atomic E-state index is 4.45. The van der Waals surface area contributed by atoms with Gasteiger partial charge in [-0.2, -0.15) is 0 Å². The fraction of sp³-hybridized carbons (Fsp3) is 0.118. The lowest BCUT2D eigenvalue weighted by molar-refractivity contribution is 1.13. The monoisotopic (exact) mass is 250 g/mol. The van der Waals surface area contributed by atoms with Crippen LogP contribution in [0.3, 0.4) is 0 Å². The van der Waals surface area contributed by atoms with E-state index in [4.69, 9.17) is 0 Å². The van der Waals surface area contributed by atoms with Gasteiger partial charge in [0.15, 0.2) is 0 Å². The quantitative estimate of drug-likeness (QED) is 0.744. The maximum Gasteiger partial charge on any atom is 0.0630 e. The van der Waals surface area contributed by atoms with E-state index in [-0.39, 0.29) is 0 Å². The normalized spacial score (nSPS) is 10.6. The second-order valence-electron chi connectivity index (χ2n) is 4.54. The van der Waals surface area contributed by atoms with Crippen LogP contribution in [0.25, 0.3) is 6.08 Å². The molecule has 0 aliphatic heterocycles. The zero-order valence-electron chi connectivity index (χ0n) is 11.4. The van der Waals surface area contributed by atoms with Crippen molar-refractivity contribution < 1.29 is 0 Å². The van der Waals surface area contributed by atoms with Gasteiger partial charge < -0.3 is 4.90 Å². The van der Waals surface area contributed by atoms with E-state index in [1.54, 1.807) is 0 Å². The maximum absolute atomic E-state index is 4.45. The summed E-state index contributed by atoms with van der Waals surface area (Å²) in [4.78, 5) is 6.53. The highest BCUT2D eigenvalue weighted by Crippen LogP contribution is 2.15. The van der Waals surface area contributed by atoms with Crippen LogP contribution in [-0.4, -0.2) is 20.3 Å². The molecule has 2 heteroatoms. The Hall–Kier alpha value is -2.35. The number of nitrogens with zero attached hydrogens (tertiary/aromatic N) is 2. The van der Waals surface area contributed by atoms with Crippen molar-refractivity contribution in [2.24, 2.45) is 4.99 Å². The summed E-state index contributed by atoms with van der Waals surface area (Å²) >= 11 is 0. The van der Waals surface area contributed by atoms with E-state index in [9.17, 15) is 0 Å². The topological polar surface area (TPSA) is 15.6 Å². The third-order valence-corrected chi connectivity index (χ3v) is 2.90. The van der Waals surface area contributed by atoms with Crippen LogP contribution in [-0.2, 0) is 0 Å². The third kappa shape index (κ3) is 3.55. The van der Waals surface area contributed by atoms with E-state index in [2.05, 4.69) is 40.7 Å². The van der Waals surface area contributed by atoms with Gasteiger partial charge in [-0.15, -0.1) is 0 Å². The molecule has 0 N–H and O–H groups in total. The van der Waals surface area contributed by atoms with Gasteiger partial charge in [-0.25, -0.2) is 0 Å². The van der Waals surface area contributed by atoms with Crippen molar-refractivity contribution >= 4 is 23.7 Å². The lowest BCUT2D eigenvalue weighted by Crippen LogP contribution is -2.08. The number of anilines is 1. The molecular weight excluding hydrogens is 232 g/mol. The van der Waals surface area contributed by atoms with Crippen LogP contribution in [0, 0.1) is 0 Å². The number of hydrogen-bond donors (Lipinski definition) is 0. The Morgan fingerprint density at radius 1 is 0.895 bits per heavy atom. The largest absolute Gasteiger partial charge is 0.378 e. The molecule has 0 bridgehead atoms. The molecule has 19 heavy (non-hydrogen) atoms. The highest BCUT2D eigenvalue weighted by molar-refractivity contribution is 5.82. The number of benzene rings is 2. The summed E-state index contributed by atoms with van der Waals surface area (Å²) in [6.07, 6.45) is 3.70. The van der Waals surface area contributed by atoms with Gasteiger partial charge in [-0.1, -0.05) is 36.9 Å². The minimum absolute atomic E-state index is 0.947. The molecule has 0 unspecified atom stereocenters. The van der Waals surface area contributed by atoms with Crippen LogP contribution in [0.4, 0.5) is 11.4 Å². The van der Waals surface area contributed by atoms with E-state index in [0.29, 0.717) is 0 Å². The van der Waals surface area contributed by atoms with Crippen molar-refractivity contribution in [3.8, 4) is 0 Å². The van der Waals surface area contributed by atoms with Gasteiger partial charge in [-0.3, -0.25) is 4.99 Å². The smallest absolute Gasteiger partial charge is 0.0630 e. The van der Waals surface area contributed by atoms with Gasteiger partial charge >= 0.3 is 0 Å². The van der Waals surface area contributed by atoms with Crippen molar-refractivity contribution in [1.29, 1.82) is 0 Å². The first-order chi connectivity index (χ1) is 9.19. The van der Waals surface area contributed by atoms with Gasteiger partial charge in [0.25, 0.3) is 0 Å². The minimum Gasteiger partial charge on any atom is -0.378 e. The number of hydrogen-bond acceptors (Lipinski definition) is 2. The highest BCUT2D eigenvalue weighted by Gasteiger charge is 1.94. The van der Waals surface area contributed by atoms with Gasteiger partial charge in [0, 0.05) is 26.0 Å². The summed E-state index contributed by atoms with van der Waals surface area (Å²) in [6.45, 7) is 3.73. The SMILES string of the molecule is C=Cc1ccc(N=Cc2ccc(N(C)C)cc2)cc1. The minimum atomic E-state index is 0.947. The zero-order chi connectivity index (χ0) is 13.7. The Kier molecular flexibility index (Phi) is 4.14. The van der Waals surface area contributed by atoms with E-state index in [1.165, 1.54) is 5.69 Å². The second kappa shape index (κ2) is 6.01. The Balaban J connectivity index is 2.10. The van der Waals surface area contributed by atoms with Crippen LogP contribution in [0.15, 0.2) is 60.1 Å². The Labute approximate surface area is 114 Å². The van der Waals surface area contributed by atoms with Crippen molar-refractivity contribution in [2.75, 3.05) is 19.0 Å². The summed E-state index contributed by atoms with van der Waals surface area (Å²) in [6, 6.07) is 16.3. The van der Waals surface area contributed by atoms with Crippen molar-refractivity contribution in [3.63, 3.8) is 0 Å². The molecule has 0 atom stereocenters. The third-order valence-electron chi connectivity index (χ3n) is 2.90. The van der Waals surface area contributed by atoms with E-state index in [1.807, 2.05) is 50.7 Å². The molecule has 0 spiro atoms. The van der Waals surface area contributed by atoms with Gasteiger partial charge in [0.2, 0.25) is 0 Å². The zero-order valence-corrected chi connectivity index (χ0v) is 11.4. The molecule has 0 aromatic heterocycles. The number of aliphatic imine (C=N–C) groups is 1. The molecule has 96 valence electrons. The van der Waals surface area contributed by atoms with Crippen LogP contribution < -0.4 is 4.90 Å². The first-order valence-corrected chi connectivity index (χ1v) is 6.23. The van der Waals surface area contributed by atoms with Gasteiger partial charge in [0.05, 0.1) is 5.69 Å². The molecule has 2 aromatic rings. The first kappa shape index (κ1) is 13.1. The molecule has 0 heterocycles. The summed E-state index contributed by atoms with van der Waals surface area (Å²) in [5.41, 5.74) is 4.34. The molecule has 0 amide bonds. The van der Waals surface area contributed by atoms with E-state index >= 15 is 0 Å². The molecule has 0 aliphatic carbocycles. The molecule has 0 saturated carbocycles. The predicted molar refractivity (Wildman–Crippen MR) is 84.6 cm³/mol. The van der Waals surface area contributed by atoms with Crippen LogP contribution in [0.1, 0.15) is 11.1 Å². The van der Waals surface area contributed by atoms with Gasteiger partial charge in [0.1, 0.15) is 0 Å². The summed E-state index contributed by atoms with van der Waals surface area (Å²) in [7, 11) is 4.06. The molecule has 0 fully saturated rings.